The SMILES string of the molecule is C=C(/C=C\C=C/CC)CO. The molecule has 0 unspecified atom stereocenters. The zero-order chi connectivity index (χ0) is 7.82. The van der Waals surface area contributed by atoms with Crippen molar-refractivity contribution in [3.8, 4) is 0 Å². The van der Waals surface area contributed by atoms with Gasteiger partial charge in [-0.05, 0) is 12.0 Å². The van der Waals surface area contributed by atoms with Crippen molar-refractivity contribution in [3.63, 3.8) is 0 Å². The van der Waals surface area contributed by atoms with Crippen LogP contribution >= 0.6 is 0 Å². The maximum atomic E-state index is 8.52. The Bertz CT molecular complexity index is 143. The number of hydrogen-bond acceptors (Lipinski definition) is 1. The Kier molecular flexibility index (Phi) is 5.79. The average Bonchev–Trinajstić information content (AvgIpc) is 1.98. The first-order valence-electron chi connectivity index (χ1n) is 3.43. The summed E-state index contributed by atoms with van der Waals surface area (Å²) >= 11 is 0. The first-order valence-corrected chi connectivity index (χ1v) is 3.43. The lowest BCUT2D eigenvalue weighted by atomic mass is 10.3. The second-order valence-corrected chi connectivity index (χ2v) is 2.01. The van der Waals surface area contributed by atoms with Crippen molar-refractivity contribution in [2.24, 2.45) is 0 Å². The predicted molar refractivity (Wildman–Crippen MR) is 44.8 cm³/mol. The third kappa shape index (κ3) is 5.32. The molecule has 1 N–H and O–H groups in total. The molecule has 0 aromatic rings. The van der Waals surface area contributed by atoms with Crippen molar-refractivity contribution in [3.05, 3.63) is 36.5 Å². The third-order valence-corrected chi connectivity index (χ3v) is 1.02. The molecule has 0 atom stereocenters. The number of rotatable bonds is 4. The normalized spacial score (nSPS) is 11.4. The van der Waals surface area contributed by atoms with Crippen LogP contribution in [-0.4, -0.2) is 11.7 Å². The summed E-state index contributed by atoms with van der Waals surface area (Å²) in [5.41, 5.74) is 0.737. The van der Waals surface area contributed by atoms with E-state index >= 15 is 0 Å². The van der Waals surface area contributed by atoms with E-state index < -0.39 is 0 Å². The van der Waals surface area contributed by atoms with Crippen LogP contribution in [0.15, 0.2) is 36.5 Å². The van der Waals surface area contributed by atoms with Gasteiger partial charge in [-0.25, -0.2) is 0 Å². The van der Waals surface area contributed by atoms with Crippen LogP contribution < -0.4 is 0 Å². The molecular weight excluding hydrogens is 124 g/mol. The lowest BCUT2D eigenvalue weighted by molar-refractivity contribution is 0.335. The van der Waals surface area contributed by atoms with Gasteiger partial charge >= 0.3 is 0 Å². The molecule has 0 heterocycles. The van der Waals surface area contributed by atoms with Crippen molar-refractivity contribution in [1.29, 1.82) is 0 Å². The van der Waals surface area contributed by atoms with Crippen molar-refractivity contribution < 1.29 is 5.11 Å². The Morgan fingerprint density at radius 2 is 2.20 bits per heavy atom. The molecule has 0 fully saturated rings. The lowest BCUT2D eigenvalue weighted by Gasteiger charge is -1.86. The minimum absolute atomic E-state index is 0.0382. The minimum atomic E-state index is 0.0382. The Hall–Kier alpha value is -0.820. The highest BCUT2D eigenvalue weighted by molar-refractivity contribution is 5.18. The van der Waals surface area contributed by atoms with E-state index in [-0.39, 0.29) is 6.61 Å². The number of aliphatic hydroxyl groups is 1. The maximum absolute atomic E-state index is 8.52. The molecule has 0 aliphatic rings. The first kappa shape index (κ1) is 9.18. The summed E-state index contributed by atoms with van der Waals surface area (Å²) in [6, 6.07) is 0. The van der Waals surface area contributed by atoms with E-state index in [0.29, 0.717) is 0 Å². The molecule has 10 heavy (non-hydrogen) atoms. The zero-order valence-electron chi connectivity index (χ0n) is 6.38. The third-order valence-electron chi connectivity index (χ3n) is 1.02. The Labute approximate surface area is 62.4 Å². The van der Waals surface area contributed by atoms with E-state index in [0.717, 1.165) is 12.0 Å². The van der Waals surface area contributed by atoms with Gasteiger partial charge in [0.25, 0.3) is 0 Å². The molecule has 1 nitrogen and oxygen atoms in total. The minimum Gasteiger partial charge on any atom is -0.392 e. The Morgan fingerprint density at radius 3 is 2.70 bits per heavy atom. The summed E-state index contributed by atoms with van der Waals surface area (Å²) in [6.45, 7) is 5.71. The van der Waals surface area contributed by atoms with Gasteiger partial charge in [-0.3, -0.25) is 0 Å². The highest BCUT2D eigenvalue weighted by Gasteiger charge is 1.78. The zero-order valence-corrected chi connectivity index (χ0v) is 6.38. The summed E-state index contributed by atoms with van der Waals surface area (Å²) in [5, 5.41) is 8.52. The molecule has 56 valence electrons. The molecule has 0 aromatic heterocycles. The van der Waals surface area contributed by atoms with Gasteiger partial charge in [0, 0.05) is 0 Å². The maximum Gasteiger partial charge on any atom is 0.0676 e. The highest BCUT2D eigenvalue weighted by atomic mass is 16.3. The summed E-state index contributed by atoms with van der Waals surface area (Å²) in [5.74, 6) is 0. The fourth-order valence-electron chi connectivity index (χ4n) is 0.459. The molecule has 0 aliphatic carbocycles. The van der Waals surface area contributed by atoms with Crippen molar-refractivity contribution in [1.82, 2.24) is 0 Å². The molecule has 0 amide bonds. The van der Waals surface area contributed by atoms with Crippen LogP contribution in [0.3, 0.4) is 0 Å². The van der Waals surface area contributed by atoms with Crippen LogP contribution in [0.25, 0.3) is 0 Å². The molecule has 0 bridgehead atoms. The van der Waals surface area contributed by atoms with Crippen molar-refractivity contribution in [2.75, 3.05) is 6.61 Å². The fourth-order valence-corrected chi connectivity index (χ4v) is 0.459. The lowest BCUT2D eigenvalue weighted by Crippen LogP contribution is -1.80. The molecule has 0 rings (SSSR count). The topological polar surface area (TPSA) is 20.2 Å². The van der Waals surface area contributed by atoms with Gasteiger partial charge < -0.3 is 5.11 Å². The highest BCUT2D eigenvalue weighted by Crippen LogP contribution is 1.90. The van der Waals surface area contributed by atoms with E-state index in [2.05, 4.69) is 13.5 Å². The number of hydrogen-bond donors (Lipinski definition) is 1. The Morgan fingerprint density at radius 1 is 1.50 bits per heavy atom. The van der Waals surface area contributed by atoms with Gasteiger partial charge in [0.2, 0.25) is 0 Å². The molecule has 0 spiro atoms. The van der Waals surface area contributed by atoms with Crippen molar-refractivity contribution >= 4 is 0 Å². The van der Waals surface area contributed by atoms with E-state index in [1.807, 2.05) is 18.2 Å². The van der Waals surface area contributed by atoms with E-state index in [1.54, 1.807) is 6.08 Å². The van der Waals surface area contributed by atoms with Crippen LogP contribution in [-0.2, 0) is 0 Å². The smallest absolute Gasteiger partial charge is 0.0676 e. The number of allylic oxidation sites excluding steroid dienone is 3. The van der Waals surface area contributed by atoms with Gasteiger partial charge in [0.1, 0.15) is 0 Å². The quantitative estimate of drug-likeness (QED) is 0.589. The van der Waals surface area contributed by atoms with Crippen LogP contribution in [0.2, 0.25) is 0 Å². The van der Waals surface area contributed by atoms with Crippen LogP contribution in [0.4, 0.5) is 0 Å². The molecule has 0 radical (unpaired) electrons. The first-order chi connectivity index (χ1) is 4.81. The van der Waals surface area contributed by atoms with E-state index in [4.69, 9.17) is 5.11 Å². The number of aliphatic hydroxyl groups excluding tert-OH is 1. The molecular formula is C9H14O. The Balaban J connectivity index is 3.55. The van der Waals surface area contributed by atoms with Gasteiger partial charge in [-0.15, -0.1) is 0 Å². The molecule has 0 saturated carbocycles. The van der Waals surface area contributed by atoms with Crippen LogP contribution in [0, 0.1) is 0 Å². The molecule has 1 heteroatoms. The average molecular weight is 138 g/mol. The standard InChI is InChI=1S/C9H14O/c1-3-4-5-6-7-9(2)8-10/h4-7,10H,2-3,8H2,1H3/b5-4-,7-6-. The largest absolute Gasteiger partial charge is 0.392 e. The van der Waals surface area contributed by atoms with Crippen LogP contribution in [0.5, 0.6) is 0 Å². The van der Waals surface area contributed by atoms with E-state index in [1.165, 1.54) is 0 Å². The van der Waals surface area contributed by atoms with Crippen molar-refractivity contribution in [2.45, 2.75) is 13.3 Å². The second-order valence-electron chi connectivity index (χ2n) is 2.01. The summed E-state index contributed by atoms with van der Waals surface area (Å²) in [4.78, 5) is 0. The van der Waals surface area contributed by atoms with Gasteiger partial charge in [0.15, 0.2) is 0 Å². The molecule has 0 aliphatic heterocycles. The summed E-state index contributed by atoms with van der Waals surface area (Å²) in [7, 11) is 0. The molecule has 0 aromatic carbocycles. The van der Waals surface area contributed by atoms with Gasteiger partial charge in [-0.1, -0.05) is 37.8 Å². The predicted octanol–water partition coefficient (Wildman–Crippen LogP) is 2.06. The fraction of sp³-hybridized carbons (Fsp3) is 0.333. The summed E-state index contributed by atoms with van der Waals surface area (Å²) < 4.78 is 0. The second kappa shape index (κ2) is 6.30. The van der Waals surface area contributed by atoms with Crippen LogP contribution in [0.1, 0.15) is 13.3 Å². The molecule has 0 saturated heterocycles. The summed E-state index contributed by atoms with van der Waals surface area (Å²) in [6.07, 6.45) is 8.70. The monoisotopic (exact) mass is 138 g/mol. The van der Waals surface area contributed by atoms with E-state index in [9.17, 15) is 0 Å². The van der Waals surface area contributed by atoms with Gasteiger partial charge in [0.05, 0.1) is 6.61 Å². The van der Waals surface area contributed by atoms with Gasteiger partial charge in [-0.2, -0.15) is 0 Å².